The summed E-state index contributed by atoms with van der Waals surface area (Å²) in [5.74, 6) is 1.70. The van der Waals surface area contributed by atoms with Crippen LogP contribution in [0.15, 0.2) is 0 Å². The van der Waals surface area contributed by atoms with Gasteiger partial charge in [0, 0.05) is 19.1 Å². The van der Waals surface area contributed by atoms with Crippen molar-refractivity contribution in [1.29, 1.82) is 0 Å². The molecule has 3 nitrogen and oxygen atoms in total. The molecule has 3 rings (SSSR count). The first-order valence-electron chi connectivity index (χ1n) is 7.20. The molecule has 0 aromatic heterocycles. The fourth-order valence-electron chi connectivity index (χ4n) is 4.41. The van der Waals surface area contributed by atoms with Crippen LogP contribution in [0.1, 0.15) is 44.9 Å². The van der Waals surface area contributed by atoms with Gasteiger partial charge in [-0.1, -0.05) is 12.8 Å². The fourth-order valence-corrected chi connectivity index (χ4v) is 4.41. The van der Waals surface area contributed by atoms with Gasteiger partial charge in [0.05, 0.1) is 5.92 Å². The summed E-state index contributed by atoms with van der Waals surface area (Å²) in [6, 6.07) is 0.638. The van der Waals surface area contributed by atoms with Crippen molar-refractivity contribution in [2.24, 2.45) is 23.5 Å². The summed E-state index contributed by atoms with van der Waals surface area (Å²) in [6.45, 7) is 0. The average Bonchev–Trinajstić information content (AvgIpc) is 3.03. The maximum atomic E-state index is 12.6. The molecule has 18 heavy (non-hydrogen) atoms. The lowest BCUT2D eigenvalue weighted by Gasteiger charge is -2.33. The minimum Gasteiger partial charge on any atom is -0.342 e. The van der Waals surface area contributed by atoms with E-state index in [1.54, 1.807) is 0 Å². The third-order valence-electron chi connectivity index (χ3n) is 5.49. The largest absolute Gasteiger partial charge is 0.342 e. The van der Waals surface area contributed by atoms with Crippen LogP contribution in [0.3, 0.4) is 0 Å². The van der Waals surface area contributed by atoms with Crippen LogP contribution < -0.4 is 5.73 Å². The summed E-state index contributed by atoms with van der Waals surface area (Å²) in [6.07, 6.45) is 8.64. The van der Waals surface area contributed by atoms with E-state index in [1.165, 1.54) is 44.9 Å². The first kappa shape index (κ1) is 14.1. The highest BCUT2D eigenvalue weighted by molar-refractivity contribution is 5.85. The van der Waals surface area contributed by atoms with Gasteiger partial charge < -0.3 is 10.6 Å². The number of rotatable bonds is 2. The molecule has 2 N–H and O–H groups in total. The lowest BCUT2D eigenvalue weighted by Crippen LogP contribution is -2.48. The van der Waals surface area contributed by atoms with E-state index in [9.17, 15) is 4.79 Å². The summed E-state index contributed by atoms with van der Waals surface area (Å²) < 4.78 is 0. The highest BCUT2D eigenvalue weighted by atomic mass is 35.5. The second-order valence-electron chi connectivity index (χ2n) is 6.32. The van der Waals surface area contributed by atoms with Crippen molar-refractivity contribution >= 4 is 18.3 Å². The Hall–Kier alpha value is -0.280. The van der Waals surface area contributed by atoms with Crippen LogP contribution in [-0.4, -0.2) is 29.9 Å². The predicted octanol–water partition coefficient (Wildman–Crippen LogP) is 2.18. The van der Waals surface area contributed by atoms with E-state index in [1.807, 2.05) is 11.9 Å². The normalized spacial score (nSPS) is 38.8. The molecule has 0 saturated heterocycles. The molecule has 4 atom stereocenters. The van der Waals surface area contributed by atoms with Crippen LogP contribution in [-0.2, 0) is 4.79 Å². The molecule has 104 valence electrons. The Morgan fingerprint density at radius 2 is 1.72 bits per heavy atom. The van der Waals surface area contributed by atoms with Crippen molar-refractivity contribution in [3.05, 3.63) is 0 Å². The van der Waals surface area contributed by atoms with E-state index < -0.39 is 0 Å². The highest BCUT2D eigenvalue weighted by Gasteiger charge is 2.50. The molecule has 0 aromatic carbocycles. The summed E-state index contributed by atoms with van der Waals surface area (Å²) in [7, 11) is 2.00. The topological polar surface area (TPSA) is 46.3 Å². The SMILES string of the molecule is CN(C(=O)C1C2CCC(C2)C1N)C1CCCC1.Cl. The van der Waals surface area contributed by atoms with Crippen LogP contribution in [0.5, 0.6) is 0 Å². The van der Waals surface area contributed by atoms with Crippen molar-refractivity contribution in [3.8, 4) is 0 Å². The van der Waals surface area contributed by atoms with E-state index in [0.717, 1.165) is 0 Å². The molecule has 0 spiro atoms. The van der Waals surface area contributed by atoms with Gasteiger partial charge >= 0.3 is 0 Å². The molecule has 4 unspecified atom stereocenters. The number of carbonyl (C=O) groups is 1. The van der Waals surface area contributed by atoms with Crippen molar-refractivity contribution < 1.29 is 4.79 Å². The maximum Gasteiger partial charge on any atom is 0.227 e. The molecule has 2 bridgehead atoms. The van der Waals surface area contributed by atoms with E-state index in [-0.39, 0.29) is 24.4 Å². The standard InChI is InChI=1S/C14H24N2O.ClH/c1-16(11-4-2-3-5-11)14(17)12-9-6-7-10(8-9)13(12)15;/h9-13H,2-8,15H2,1H3;1H. The Kier molecular flexibility index (Phi) is 4.22. The van der Waals surface area contributed by atoms with Gasteiger partial charge in [0.15, 0.2) is 0 Å². The van der Waals surface area contributed by atoms with Crippen molar-refractivity contribution in [2.45, 2.75) is 57.0 Å². The van der Waals surface area contributed by atoms with Crippen LogP contribution in [0, 0.1) is 17.8 Å². The Bertz CT molecular complexity index is 315. The third kappa shape index (κ3) is 2.16. The molecule has 0 heterocycles. The minimum absolute atomic E-state index is 0. The number of hydrogen-bond acceptors (Lipinski definition) is 2. The Morgan fingerprint density at radius 1 is 1.11 bits per heavy atom. The molecule has 1 amide bonds. The summed E-state index contributed by atoms with van der Waals surface area (Å²) >= 11 is 0. The first-order valence-corrected chi connectivity index (χ1v) is 7.20. The molecule has 0 aliphatic heterocycles. The molecule has 3 aliphatic carbocycles. The maximum absolute atomic E-state index is 12.6. The zero-order chi connectivity index (χ0) is 12.0. The first-order chi connectivity index (χ1) is 8.18. The monoisotopic (exact) mass is 272 g/mol. The minimum atomic E-state index is 0. The van der Waals surface area contributed by atoms with E-state index in [2.05, 4.69) is 0 Å². The van der Waals surface area contributed by atoms with Crippen molar-refractivity contribution in [3.63, 3.8) is 0 Å². The highest BCUT2D eigenvalue weighted by Crippen LogP contribution is 2.48. The zero-order valence-corrected chi connectivity index (χ0v) is 12.0. The molecular formula is C14H25ClN2O. The van der Waals surface area contributed by atoms with Gasteiger partial charge in [-0.25, -0.2) is 0 Å². The van der Waals surface area contributed by atoms with Gasteiger partial charge in [-0.2, -0.15) is 0 Å². The van der Waals surface area contributed by atoms with Gasteiger partial charge in [0.25, 0.3) is 0 Å². The second kappa shape index (κ2) is 5.38. The van der Waals surface area contributed by atoms with Gasteiger partial charge in [-0.05, 0) is 43.9 Å². The molecule has 4 heteroatoms. The number of hydrogen-bond donors (Lipinski definition) is 1. The molecule has 3 saturated carbocycles. The second-order valence-corrected chi connectivity index (χ2v) is 6.32. The van der Waals surface area contributed by atoms with E-state index >= 15 is 0 Å². The number of halogens is 1. The van der Waals surface area contributed by atoms with Gasteiger partial charge in [-0.3, -0.25) is 4.79 Å². The summed E-state index contributed by atoms with van der Waals surface area (Å²) in [4.78, 5) is 14.6. The van der Waals surface area contributed by atoms with Crippen LogP contribution in [0.2, 0.25) is 0 Å². The van der Waals surface area contributed by atoms with Crippen LogP contribution in [0.4, 0.5) is 0 Å². The van der Waals surface area contributed by atoms with Gasteiger partial charge in [-0.15, -0.1) is 12.4 Å². The van der Waals surface area contributed by atoms with Crippen molar-refractivity contribution in [1.82, 2.24) is 4.90 Å². The third-order valence-corrected chi connectivity index (χ3v) is 5.49. The number of amides is 1. The summed E-state index contributed by atoms with van der Waals surface area (Å²) in [5, 5.41) is 0. The predicted molar refractivity (Wildman–Crippen MR) is 74.6 cm³/mol. The molecule has 3 fully saturated rings. The van der Waals surface area contributed by atoms with Crippen molar-refractivity contribution in [2.75, 3.05) is 7.05 Å². The fraction of sp³-hybridized carbons (Fsp3) is 0.929. The van der Waals surface area contributed by atoms with E-state index in [4.69, 9.17) is 5.73 Å². The number of fused-ring (bicyclic) bond motifs is 2. The molecular weight excluding hydrogens is 248 g/mol. The molecule has 3 aliphatic rings. The smallest absolute Gasteiger partial charge is 0.227 e. The zero-order valence-electron chi connectivity index (χ0n) is 11.2. The van der Waals surface area contributed by atoms with Gasteiger partial charge in [0.1, 0.15) is 0 Å². The number of carbonyl (C=O) groups excluding carboxylic acids is 1. The molecule has 0 radical (unpaired) electrons. The lowest BCUT2D eigenvalue weighted by molar-refractivity contribution is -0.138. The van der Waals surface area contributed by atoms with E-state index in [0.29, 0.717) is 23.8 Å². The Morgan fingerprint density at radius 3 is 2.28 bits per heavy atom. The average molecular weight is 273 g/mol. The van der Waals surface area contributed by atoms with Crippen LogP contribution in [0.25, 0.3) is 0 Å². The summed E-state index contributed by atoms with van der Waals surface area (Å²) in [5.41, 5.74) is 6.25. The Balaban J connectivity index is 0.00000120. The van der Waals surface area contributed by atoms with Crippen LogP contribution >= 0.6 is 12.4 Å². The molecule has 0 aromatic rings. The number of nitrogens with zero attached hydrogens (tertiary/aromatic N) is 1. The Labute approximate surface area is 116 Å². The number of nitrogens with two attached hydrogens (primary N) is 1. The lowest BCUT2D eigenvalue weighted by atomic mass is 9.84. The van der Waals surface area contributed by atoms with Gasteiger partial charge in [0.2, 0.25) is 5.91 Å². The quantitative estimate of drug-likeness (QED) is 0.838.